The summed E-state index contributed by atoms with van der Waals surface area (Å²) >= 11 is 3.20. The lowest BCUT2D eigenvalue weighted by Gasteiger charge is -2.14. The van der Waals surface area contributed by atoms with Gasteiger partial charge >= 0.3 is 11.9 Å². The second-order valence-electron chi connectivity index (χ2n) is 3.78. The molecule has 0 saturated carbocycles. The van der Waals surface area contributed by atoms with Crippen LogP contribution in [-0.2, 0) is 14.4 Å². The Morgan fingerprint density at radius 1 is 1.39 bits per heavy atom. The number of rotatable bonds is 3. The van der Waals surface area contributed by atoms with Crippen molar-refractivity contribution in [2.24, 2.45) is 0 Å². The lowest BCUT2D eigenvalue weighted by atomic mass is 10.1. The van der Waals surface area contributed by atoms with Crippen LogP contribution in [0.2, 0.25) is 0 Å². The van der Waals surface area contributed by atoms with Gasteiger partial charge in [-0.05, 0) is 34.5 Å². The molecule has 1 aliphatic rings. The van der Waals surface area contributed by atoms with Gasteiger partial charge in [-0.3, -0.25) is 9.59 Å². The number of ketones is 1. The SMILES string of the molecule is CCCC(=O)ON1C(=O)C(=O)c2c(Br)cccc21. The van der Waals surface area contributed by atoms with Crippen LogP contribution in [0.4, 0.5) is 5.69 Å². The number of fused-ring (bicyclic) bond motifs is 1. The fourth-order valence-corrected chi connectivity index (χ4v) is 2.19. The third-order valence-corrected chi connectivity index (χ3v) is 3.12. The Kier molecular flexibility index (Phi) is 3.47. The molecular weight excluding hydrogens is 302 g/mol. The smallest absolute Gasteiger partial charge is 0.333 e. The van der Waals surface area contributed by atoms with Crippen LogP contribution >= 0.6 is 15.9 Å². The van der Waals surface area contributed by atoms with Gasteiger partial charge in [-0.15, -0.1) is 5.06 Å². The summed E-state index contributed by atoms with van der Waals surface area (Å²) in [6.07, 6.45) is 0.807. The first-order chi connectivity index (χ1) is 8.56. The normalized spacial score (nSPS) is 13.8. The minimum Gasteiger partial charge on any atom is -0.333 e. The number of anilines is 1. The number of nitrogens with zero attached hydrogens (tertiary/aromatic N) is 1. The van der Waals surface area contributed by atoms with Crippen molar-refractivity contribution in [3.05, 3.63) is 28.2 Å². The lowest BCUT2D eigenvalue weighted by molar-refractivity contribution is -0.149. The Hall–Kier alpha value is -1.69. The van der Waals surface area contributed by atoms with E-state index in [1.54, 1.807) is 18.2 Å². The van der Waals surface area contributed by atoms with Crippen LogP contribution in [0.3, 0.4) is 0 Å². The second kappa shape index (κ2) is 4.89. The number of hydrogen-bond donors (Lipinski definition) is 0. The number of amides is 1. The zero-order chi connectivity index (χ0) is 13.3. The van der Waals surface area contributed by atoms with Crippen molar-refractivity contribution in [1.82, 2.24) is 0 Å². The number of carbonyl (C=O) groups is 3. The summed E-state index contributed by atoms with van der Waals surface area (Å²) in [6, 6.07) is 4.87. The fraction of sp³-hybridized carbons (Fsp3) is 0.250. The van der Waals surface area contributed by atoms with Crippen molar-refractivity contribution in [2.45, 2.75) is 19.8 Å². The van der Waals surface area contributed by atoms with Gasteiger partial charge in [0.05, 0.1) is 11.3 Å². The zero-order valence-electron chi connectivity index (χ0n) is 9.60. The maximum Gasteiger partial charge on any atom is 0.333 e. The highest BCUT2D eigenvalue weighted by atomic mass is 79.9. The lowest BCUT2D eigenvalue weighted by Crippen LogP contribution is -2.32. The van der Waals surface area contributed by atoms with E-state index >= 15 is 0 Å². The molecule has 6 heteroatoms. The van der Waals surface area contributed by atoms with Gasteiger partial charge in [-0.1, -0.05) is 13.0 Å². The molecule has 18 heavy (non-hydrogen) atoms. The van der Waals surface area contributed by atoms with Gasteiger partial charge in [0.1, 0.15) is 0 Å². The van der Waals surface area contributed by atoms with Crippen LogP contribution in [0.25, 0.3) is 0 Å². The molecule has 0 N–H and O–H groups in total. The van der Waals surface area contributed by atoms with Crippen molar-refractivity contribution in [2.75, 3.05) is 5.06 Å². The van der Waals surface area contributed by atoms with Gasteiger partial charge in [0, 0.05) is 10.9 Å². The molecule has 5 nitrogen and oxygen atoms in total. The average molecular weight is 312 g/mol. The Morgan fingerprint density at radius 2 is 2.11 bits per heavy atom. The number of Topliss-reactive ketones (excluding diaryl/α,β-unsaturated/α-hetero) is 1. The van der Waals surface area contributed by atoms with Crippen molar-refractivity contribution in [3.63, 3.8) is 0 Å². The Morgan fingerprint density at radius 3 is 2.78 bits per heavy atom. The molecule has 0 saturated heterocycles. The second-order valence-corrected chi connectivity index (χ2v) is 4.63. The monoisotopic (exact) mass is 311 g/mol. The highest BCUT2D eigenvalue weighted by molar-refractivity contribution is 9.10. The molecule has 2 rings (SSSR count). The van der Waals surface area contributed by atoms with Crippen LogP contribution in [0, 0.1) is 0 Å². The van der Waals surface area contributed by atoms with Crippen molar-refractivity contribution in [1.29, 1.82) is 0 Å². The topological polar surface area (TPSA) is 63.7 Å². The van der Waals surface area contributed by atoms with Gasteiger partial charge in [-0.2, -0.15) is 0 Å². The van der Waals surface area contributed by atoms with E-state index in [1.807, 2.05) is 6.92 Å². The van der Waals surface area contributed by atoms with E-state index in [9.17, 15) is 14.4 Å². The van der Waals surface area contributed by atoms with Crippen LogP contribution in [0.1, 0.15) is 30.1 Å². The summed E-state index contributed by atoms with van der Waals surface area (Å²) in [5, 5.41) is 0.764. The molecule has 0 bridgehead atoms. The van der Waals surface area contributed by atoms with E-state index in [1.165, 1.54) is 0 Å². The van der Waals surface area contributed by atoms with E-state index in [0.717, 1.165) is 5.06 Å². The first-order valence-electron chi connectivity index (χ1n) is 5.44. The molecule has 1 amide bonds. The molecule has 0 unspecified atom stereocenters. The maximum absolute atomic E-state index is 11.8. The minimum atomic E-state index is -0.846. The van der Waals surface area contributed by atoms with Crippen molar-refractivity contribution in [3.8, 4) is 0 Å². The molecule has 94 valence electrons. The van der Waals surface area contributed by atoms with Gasteiger partial charge in [-0.25, -0.2) is 4.79 Å². The Balaban J connectivity index is 2.35. The number of carbonyl (C=O) groups excluding carboxylic acids is 3. The summed E-state index contributed by atoms with van der Waals surface area (Å²) in [6.45, 7) is 1.82. The summed E-state index contributed by atoms with van der Waals surface area (Å²) in [7, 11) is 0. The minimum absolute atomic E-state index is 0.196. The first kappa shape index (κ1) is 12.8. The Bertz CT molecular complexity index is 541. The summed E-state index contributed by atoms with van der Waals surface area (Å²) in [4.78, 5) is 39.8. The molecular formula is C12H10BrNO4. The van der Waals surface area contributed by atoms with E-state index in [4.69, 9.17) is 4.84 Å². The Labute approximate surface area is 112 Å². The van der Waals surface area contributed by atoms with E-state index in [0.29, 0.717) is 16.6 Å². The highest BCUT2D eigenvalue weighted by Gasteiger charge is 2.40. The average Bonchev–Trinajstić information content (AvgIpc) is 2.56. The molecule has 1 aliphatic heterocycles. The van der Waals surface area contributed by atoms with Gasteiger partial charge in [0.25, 0.3) is 5.78 Å². The quantitative estimate of drug-likeness (QED) is 0.803. The molecule has 0 aromatic heterocycles. The summed E-state index contributed by atoms with van der Waals surface area (Å²) in [5.74, 6) is -2.06. The van der Waals surface area contributed by atoms with Crippen molar-refractivity contribution < 1.29 is 19.2 Å². The van der Waals surface area contributed by atoms with Crippen LogP contribution < -0.4 is 5.06 Å². The number of hydroxylamine groups is 1. The predicted molar refractivity (Wildman–Crippen MR) is 67.0 cm³/mol. The zero-order valence-corrected chi connectivity index (χ0v) is 11.2. The number of halogens is 1. The molecule has 0 spiro atoms. The molecule has 0 radical (unpaired) electrons. The predicted octanol–water partition coefficient (Wildman–Crippen LogP) is 2.24. The van der Waals surface area contributed by atoms with Crippen molar-refractivity contribution >= 4 is 39.3 Å². The fourth-order valence-electron chi connectivity index (χ4n) is 1.66. The van der Waals surface area contributed by atoms with E-state index in [2.05, 4.69) is 15.9 Å². The van der Waals surface area contributed by atoms with Crippen LogP contribution in [0.5, 0.6) is 0 Å². The molecule has 1 heterocycles. The summed E-state index contributed by atoms with van der Waals surface area (Å²) in [5.41, 5.74) is 0.524. The van der Waals surface area contributed by atoms with E-state index < -0.39 is 17.7 Å². The van der Waals surface area contributed by atoms with Crippen LogP contribution in [-0.4, -0.2) is 17.7 Å². The third kappa shape index (κ3) is 2.03. The van der Waals surface area contributed by atoms with Gasteiger partial charge in [0.15, 0.2) is 0 Å². The standard InChI is InChI=1S/C12H10BrNO4/c1-2-4-9(15)18-14-8-6-3-5-7(13)10(8)11(16)12(14)17/h3,5-6H,2,4H2,1H3. The maximum atomic E-state index is 11.8. The molecule has 1 aromatic rings. The highest BCUT2D eigenvalue weighted by Crippen LogP contribution is 2.34. The van der Waals surface area contributed by atoms with Gasteiger partial charge < -0.3 is 4.84 Å². The summed E-state index contributed by atoms with van der Waals surface area (Å²) < 4.78 is 0.507. The number of benzene rings is 1. The first-order valence-corrected chi connectivity index (χ1v) is 6.23. The van der Waals surface area contributed by atoms with Gasteiger partial charge in [0.2, 0.25) is 0 Å². The van der Waals surface area contributed by atoms with Crippen LogP contribution in [0.15, 0.2) is 22.7 Å². The largest absolute Gasteiger partial charge is 0.333 e. The van der Waals surface area contributed by atoms with E-state index in [-0.39, 0.29) is 12.0 Å². The molecule has 0 fully saturated rings. The third-order valence-electron chi connectivity index (χ3n) is 2.46. The molecule has 0 atom stereocenters. The number of hydrogen-bond acceptors (Lipinski definition) is 4. The molecule has 1 aromatic carbocycles. The molecule has 0 aliphatic carbocycles.